The van der Waals surface area contributed by atoms with Gasteiger partial charge >= 0.3 is 12.4 Å². The zero-order valence-corrected chi connectivity index (χ0v) is 14.4. The molecule has 0 spiro atoms. The second-order valence-corrected chi connectivity index (χ2v) is 5.85. The normalized spacial score (nSPS) is 11.8. The minimum absolute atomic E-state index is 0.0881. The van der Waals surface area contributed by atoms with Crippen LogP contribution in [0, 0.1) is 20.2 Å². The summed E-state index contributed by atoms with van der Waals surface area (Å²) in [5.74, 6) is -1.17. The molecule has 2 aromatic carbocycles. The molecule has 1 amide bonds. The number of carbonyl (C=O) groups is 1. The number of rotatable bonds is 5. The molecule has 0 fully saturated rings. The van der Waals surface area contributed by atoms with E-state index in [9.17, 15) is 51.4 Å². The summed E-state index contributed by atoms with van der Waals surface area (Å²) in [7, 11) is 0. The van der Waals surface area contributed by atoms with E-state index < -0.39 is 68.3 Å². The third-order valence-electron chi connectivity index (χ3n) is 3.69. The molecule has 0 radical (unpaired) electrons. The van der Waals surface area contributed by atoms with Crippen molar-refractivity contribution in [1.29, 1.82) is 0 Å². The van der Waals surface area contributed by atoms with E-state index in [-0.39, 0.29) is 6.07 Å². The summed E-state index contributed by atoms with van der Waals surface area (Å²) in [6, 6.07) is 2.64. The largest absolute Gasteiger partial charge is 0.416 e. The third-order valence-corrected chi connectivity index (χ3v) is 3.69. The minimum atomic E-state index is -5.08. The fourth-order valence-corrected chi connectivity index (χ4v) is 2.34. The van der Waals surface area contributed by atoms with Crippen LogP contribution in [0.25, 0.3) is 0 Å². The van der Waals surface area contributed by atoms with Crippen molar-refractivity contribution in [3.8, 4) is 0 Å². The summed E-state index contributed by atoms with van der Waals surface area (Å²) in [5.41, 5.74) is -5.90. The van der Waals surface area contributed by atoms with Crippen LogP contribution in [0.4, 0.5) is 37.7 Å². The zero-order valence-electron chi connectivity index (χ0n) is 14.4. The van der Waals surface area contributed by atoms with Gasteiger partial charge in [-0.05, 0) is 23.8 Å². The third kappa shape index (κ3) is 5.42. The van der Waals surface area contributed by atoms with Gasteiger partial charge < -0.3 is 5.32 Å². The first kappa shape index (κ1) is 22.6. The molecule has 0 atom stereocenters. The van der Waals surface area contributed by atoms with Crippen LogP contribution in [0.1, 0.15) is 27.0 Å². The van der Waals surface area contributed by atoms with Gasteiger partial charge in [0.1, 0.15) is 0 Å². The van der Waals surface area contributed by atoms with Gasteiger partial charge in [0.15, 0.2) is 0 Å². The monoisotopic (exact) mass is 437 g/mol. The average Bonchev–Trinajstić information content (AvgIpc) is 2.63. The Morgan fingerprint density at radius 3 is 1.60 bits per heavy atom. The molecule has 0 heterocycles. The molecule has 0 aromatic heterocycles. The van der Waals surface area contributed by atoms with Crippen molar-refractivity contribution in [3.63, 3.8) is 0 Å². The Labute approximate surface area is 162 Å². The number of alkyl halides is 6. The maximum absolute atomic E-state index is 12.9. The van der Waals surface area contributed by atoms with Gasteiger partial charge in [-0.3, -0.25) is 25.0 Å². The van der Waals surface area contributed by atoms with Crippen LogP contribution in [-0.4, -0.2) is 15.8 Å². The van der Waals surface area contributed by atoms with Gasteiger partial charge in [0, 0.05) is 18.7 Å². The quantitative estimate of drug-likeness (QED) is 0.421. The van der Waals surface area contributed by atoms with E-state index in [4.69, 9.17) is 0 Å². The lowest BCUT2D eigenvalue weighted by Crippen LogP contribution is -2.23. The molecule has 8 nitrogen and oxygen atoms in total. The molecule has 1 N–H and O–H groups in total. The van der Waals surface area contributed by atoms with Gasteiger partial charge in [0.05, 0.1) is 32.6 Å². The van der Waals surface area contributed by atoms with Crippen molar-refractivity contribution in [2.24, 2.45) is 0 Å². The van der Waals surface area contributed by atoms with Gasteiger partial charge in [-0.25, -0.2) is 0 Å². The molecule has 0 saturated carbocycles. The van der Waals surface area contributed by atoms with Gasteiger partial charge in [-0.2, -0.15) is 26.3 Å². The topological polar surface area (TPSA) is 115 Å². The molecule has 2 aromatic rings. The molecule has 160 valence electrons. The summed E-state index contributed by atoms with van der Waals surface area (Å²) >= 11 is 0. The highest BCUT2D eigenvalue weighted by Gasteiger charge is 2.36. The highest BCUT2D eigenvalue weighted by atomic mass is 19.4. The van der Waals surface area contributed by atoms with Crippen LogP contribution in [0.15, 0.2) is 36.4 Å². The lowest BCUT2D eigenvalue weighted by Gasteiger charge is -2.14. The number of halogens is 6. The van der Waals surface area contributed by atoms with E-state index in [1.807, 2.05) is 5.32 Å². The van der Waals surface area contributed by atoms with Crippen molar-refractivity contribution in [2.75, 3.05) is 0 Å². The van der Waals surface area contributed by atoms with Crippen molar-refractivity contribution in [3.05, 3.63) is 78.9 Å². The van der Waals surface area contributed by atoms with Gasteiger partial charge in [0.2, 0.25) is 0 Å². The van der Waals surface area contributed by atoms with Crippen LogP contribution in [0.2, 0.25) is 0 Å². The van der Waals surface area contributed by atoms with Gasteiger partial charge in [-0.15, -0.1) is 0 Å². The van der Waals surface area contributed by atoms with Crippen LogP contribution < -0.4 is 5.32 Å². The summed E-state index contributed by atoms with van der Waals surface area (Å²) in [6.45, 7) is -0.803. The van der Waals surface area contributed by atoms with Crippen molar-refractivity contribution < 1.29 is 41.0 Å². The number of nitro benzene ring substituents is 2. The number of non-ortho nitro benzene ring substituents is 2. The molecule has 2 rings (SSSR count). The Hall–Kier alpha value is -3.71. The molecule has 0 unspecified atom stereocenters. The molecule has 0 aliphatic rings. The predicted octanol–water partition coefficient (Wildman–Crippen LogP) is 4.47. The SMILES string of the molecule is O=C(NCc1cc(C(F)(F)F)cc(C(F)(F)F)c1)c1cc([N+](=O)[O-])cc([N+](=O)[O-])c1. The first-order valence-electron chi connectivity index (χ1n) is 7.69. The van der Waals surface area contributed by atoms with E-state index in [0.717, 1.165) is 0 Å². The number of carbonyl (C=O) groups excluding carboxylic acids is 1. The molecule has 30 heavy (non-hydrogen) atoms. The maximum Gasteiger partial charge on any atom is 0.416 e. The summed E-state index contributed by atoms with van der Waals surface area (Å²) in [6.07, 6.45) is -10.2. The van der Waals surface area contributed by atoms with Crippen molar-refractivity contribution >= 4 is 17.3 Å². The van der Waals surface area contributed by atoms with Crippen molar-refractivity contribution in [1.82, 2.24) is 5.32 Å². The summed E-state index contributed by atoms with van der Waals surface area (Å²) in [5, 5.41) is 23.6. The Bertz CT molecular complexity index is 955. The molecule has 0 aliphatic carbocycles. The molecule has 0 aliphatic heterocycles. The Morgan fingerprint density at radius 1 is 0.800 bits per heavy atom. The first-order chi connectivity index (χ1) is 13.7. The average molecular weight is 437 g/mol. The Morgan fingerprint density at radius 2 is 1.23 bits per heavy atom. The smallest absolute Gasteiger partial charge is 0.348 e. The summed E-state index contributed by atoms with van der Waals surface area (Å²) in [4.78, 5) is 31.8. The number of nitro groups is 2. The van der Waals surface area contributed by atoms with Crippen LogP contribution >= 0.6 is 0 Å². The molecule has 0 saturated heterocycles. The zero-order chi connectivity index (χ0) is 22.9. The van der Waals surface area contributed by atoms with E-state index >= 15 is 0 Å². The fourth-order valence-electron chi connectivity index (χ4n) is 2.34. The second kappa shape index (κ2) is 7.96. The van der Waals surface area contributed by atoms with Gasteiger partial charge in [-0.1, -0.05) is 0 Å². The first-order valence-corrected chi connectivity index (χ1v) is 7.69. The van der Waals surface area contributed by atoms with Crippen LogP contribution in [0.3, 0.4) is 0 Å². The predicted molar refractivity (Wildman–Crippen MR) is 87.4 cm³/mol. The van der Waals surface area contributed by atoms with Crippen molar-refractivity contribution in [2.45, 2.75) is 18.9 Å². The van der Waals surface area contributed by atoms with E-state index in [1.165, 1.54) is 0 Å². The number of hydrogen-bond donors (Lipinski definition) is 1. The molecule has 0 bridgehead atoms. The molecular weight excluding hydrogens is 428 g/mol. The molecular formula is C16H9F6N3O5. The molecule has 14 heteroatoms. The Balaban J connectivity index is 2.34. The van der Waals surface area contributed by atoms with E-state index in [2.05, 4.69) is 0 Å². The van der Waals surface area contributed by atoms with Gasteiger partial charge in [0.25, 0.3) is 17.3 Å². The minimum Gasteiger partial charge on any atom is -0.348 e. The second-order valence-electron chi connectivity index (χ2n) is 5.85. The van der Waals surface area contributed by atoms with E-state index in [1.54, 1.807) is 0 Å². The summed E-state index contributed by atoms with van der Waals surface area (Å²) < 4.78 is 77.1. The lowest BCUT2D eigenvalue weighted by molar-refractivity contribution is -0.394. The number of nitrogens with zero attached hydrogens (tertiary/aromatic N) is 2. The number of benzene rings is 2. The Kier molecular flexibility index (Phi) is 5.99. The number of nitrogens with one attached hydrogen (secondary N) is 1. The van der Waals surface area contributed by atoms with Crippen LogP contribution in [-0.2, 0) is 18.9 Å². The number of hydrogen-bond acceptors (Lipinski definition) is 5. The fraction of sp³-hybridized carbons (Fsp3) is 0.188. The highest BCUT2D eigenvalue weighted by molar-refractivity contribution is 5.95. The maximum atomic E-state index is 12.9. The lowest BCUT2D eigenvalue weighted by atomic mass is 10.0. The highest BCUT2D eigenvalue weighted by Crippen LogP contribution is 2.36. The van der Waals surface area contributed by atoms with Crippen LogP contribution in [0.5, 0.6) is 0 Å². The number of amides is 1. The standard InChI is InChI=1S/C16H9F6N3O5/c17-15(18,19)10-1-8(2-11(5-10)16(20,21)22)7-23-14(26)9-3-12(24(27)28)6-13(4-9)25(29)30/h1-6H,7H2,(H,23,26). The van der Waals surface area contributed by atoms with E-state index in [0.29, 0.717) is 30.3 Å².